The van der Waals surface area contributed by atoms with Gasteiger partial charge in [0.1, 0.15) is 5.75 Å². The van der Waals surface area contributed by atoms with Crippen molar-refractivity contribution < 1.29 is 5.11 Å². The zero-order chi connectivity index (χ0) is 15.0. The van der Waals surface area contributed by atoms with E-state index in [9.17, 15) is 5.11 Å². The molecule has 1 rings (SSSR count). The van der Waals surface area contributed by atoms with E-state index in [0.29, 0.717) is 12.3 Å². The summed E-state index contributed by atoms with van der Waals surface area (Å²) < 4.78 is 0. The maximum atomic E-state index is 10.6. The van der Waals surface area contributed by atoms with E-state index in [2.05, 4.69) is 41.5 Å². The smallest absolute Gasteiger partial charge is 0.123 e. The van der Waals surface area contributed by atoms with Crippen LogP contribution in [0, 0.1) is 0 Å². The fourth-order valence-corrected chi connectivity index (χ4v) is 2.15. The molecule has 0 aliphatic carbocycles. The van der Waals surface area contributed by atoms with Crippen molar-refractivity contribution in [3.05, 3.63) is 28.8 Å². The van der Waals surface area contributed by atoms with Gasteiger partial charge in [-0.3, -0.25) is 0 Å². The monoisotopic (exact) mass is 300 g/mol. The van der Waals surface area contributed by atoms with Crippen LogP contribution in [0.25, 0.3) is 0 Å². The van der Waals surface area contributed by atoms with Crippen LogP contribution in [0.5, 0.6) is 5.75 Å². The molecule has 0 aliphatic heterocycles. The third-order valence-corrected chi connectivity index (χ3v) is 3.43. The number of halogens is 1. The second-order valence-corrected chi connectivity index (χ2v) is 7.31. The topological polar surface area (TPSA) is 72.3 Å². The first-order chi connectivity index (χ1) is 8.48. The lowest BCUT2D eigenvalue weighted by Crippen LogP contribution is -2.24. The largest absolute Gasteiger partial charge is 0.507 e. The van der Waals surface area contributed by atoms with E-state index in [-0.39, 0.29) is 29.3 Å². The van der Waals surface area contributed by atoms with Crippen molar-refractivity contribution >= 4 is 12.4 Å². The number of phenols is 1. The van der Waals surface area contributed by atoms with Gasteiger partial charge in [0.2, 0.25) is 0 Å². The van der Waals surface area contributed by atoms with Gasteiger partial charge in [-0.1, -0.05) is 41.5 Å². The van der Waals surface area contributed by atoms with E-state index in [0.717, 1.165) is 16.7 Å². The highest BCUT2D eigenvalue weighted by atomic mass is 35.5. The van der Waals surface area contributed by atoms with Crippen molar-refractivity contribution in [1.29, 1.82) is 0 Å². The summed E-state index contributed by atoms with van der Waals surface area (Å²) in [5, 5.41) is 10.6. The molecule has 0 radical (unpaired) electrons. The third kappa shape index (κ3) is 4.11. The SMILES string of the molecule is CC(C)(C)c1cc([C@@H](N)CN)cc(C(C)(C)C)c1O.Cl. The van der Waals surface area contributed by atoms with Crippen LogP contribution in [-0.4, -0.2) is 11.7 Å². The Labute approximate surface area is 129 Å². The first-order valence-electron chi connectivity index (χ1n) is 6.82. The first-order valence-corrected chi connectivity index (χ1v) is 6.82. The minimum Gasteiger partial charge on any atom is -0.507 e. The molecular formula is C16H29ClN2O. The summed E-state index contributed by atoms with van der Waals surface area (Å²) in [6.45, 7) is 12.9. The zero-order valence-electron chi connectivity index (χ0n) is 13.4. The van der Waals surface area contributed by atoms with Crippen molar-refractivity contribution in [3.63, 3.8) is 0 Å². The Balaban J connectivity index is 0.00000361. The summed E-state index contributed by atoms with van der Waals surface area (Å²) in [5.41, 5.74) is 14.3. The van der Waals surface area contributed by atoms with Gasteiger partial charge >= 0.3 is 0 Å². The molecule has 0 aliphatic rings. The second-order valence-electron chi connectivity index (χ2n) is 7.31. The van der Waals surface area contributed by atoms with Crippen molar-refractivity contribution in [2.45, 2.75) is 58.4 Å². The number of benzene rings is 1. The lowest BCUT2D eigenvalue weighted by molar-refractivity contribution is 0.422. The molecule has 0 fully saturated rings. The van der Waals surface area contributed by atoms with E-state index in [1.807, 2.05) is 12.1 Å². The van der Waals surface area contributed by atoms with Gasteiger partial charge < -0.3 is 16.6 Å². The average molecular weight is 301 g/mol. The zero-order valence-corrected chi connectivity index (χ0v) is 14.3. The summed E-state index contributed by atoms with van der Waals surface area (Å²) in [7, 11) is 0. The summed E-state index contributed by atoms with van der Waals surface area (Å²) in [6, 6.07) is 3.78. The van der Waals surface area contributed by atoms with Crippen LogP contribution in [0.4, 0.5) is 0 Å². The molecule has 1 aromatic rings. The number of hydrogen-bond acceptors (Lipinski definition) is 3. The molecule has 0 saturated carbocycles. The van der Waals surface area contributed by atoms with Crippen molar-refractivity contribution in [2.24, 2.45) is 11.5 Å². The van der Waals surface area contributed by atoms with Crippen LogP contribution >= 0.6 is 12.4 Å². The highest BCUT2D eigenvalue weighted by Gasteiger charge is 2.27. The number of rotatable bonds is 2. The van der Waals surface area contributed by atoms with Crippen LogP contribution in [0.3, 0.4) is 0 Å². The number of aromatic hydroxyl groups is 1. The fourth-order valence-electron chi connectivity index (χ4n) is 2.15. The van der Waals surface area contributed by atoms with Gasteiger partial charge in [-0.25, -0.2) is 0 Å². The lowest BCUT2D eigenvalue weighted by atomic mass is 9.78. The van der Waals surface area contributed by atoms with Crippen LogP contribution in [0.2, 0.25) is 0 Å². The van der Waals surface area contributed by atoms with Gasteiger partial charge in [0, 0.05) is 12.6 Å². The van der Waals surface area contributed by atoms with Crippen molar-refractivity contribution in [2.75, 3.05) is 6.54 Å². The molecule has 116 valence electrons. The van der Waals surface area contributed by atoms with Gasteiger partial charge in [0.25, 0.3) is 0 Å². The van der Waals surface area contributed by atoms with E-state index in [1.54, 1.807) is 0 Å². The molecule has 0 heterocycles. The number of nitrogens with two attached hydrogens (primary N) is 2. The van der Waals surface area contributed by atoms with Crippen molar-refractivity contribution in [1.82, 2.24) is 0 Å². The molecule has 20 heavy (non-hydrogen) atoms. The van der Waals surface area contributed by atoms with Gasteiger partial charge in [-0.2, -0.15) is 0 Å². The van der Waals surface area contributed by atoms with Gasteiger partial charge in [-0.05, 0) is 39.7 Å². The standard InChI is InChI=1S/C16H28N2O.ClH/c1-15(2,3)11-7-10(13(18)9-17)8-12(14(11)19)16(4,5)6;/h7-8,13,19H,9,17-18H2,1-6H3;1H/t13-;/m0./s1. The summed E-state index contributed by atoms with van der Waals surface area (Å²) in [5.74, 6) is 0.382. The molecule has 3 nitrogen and oxygen atoms in total. The van der Waals surface area contributed by atoms with Crippen LogP contribution in [0.15, 0.2) is 12.1 Å². The molecule has 0 amide bonds. The number of phenolic OH excluding ortho intramolecular Hbond substituents is 1. The van der Waals surface area contributed by atoms with Crippen LogP contribution in [-0.2, 0) is 10.8 Å². The molecule has 1 atom stereocenters. The predicted molar refractivity (Wildman–Crippen MR) is 88.7 cm³/mol. The maximum absolute atomic E-state index is 10.6. The van der Waals surface area contributed by atoms with E-state index in [1.165, 1.54) is 0 Å². The minimum absolute atomic E-state index is 0. The minimum atomic E-state index is -0.192. The molecule has 4 heteroatoms. The van der Waals surface area contributed by atoms with Gasteiger partial charge in [0.05, 0.1) is 0 Å². The van der Waals surface area contributed by atoms with E-state index < -0.39 is 0 Å². The highest BCUT2D eigenvalue weighted by Crippen LogP contribution is 2.40. The molecule has 0 bridgehead atoms. The molecule has 0 aromatic heterocycles. The Morgan fingerprint density at radius 3 is 1.60 bits per heavy atom. The Morgan fingerprint density at radius 2 is 1.35 bits per heavy atom. The molecule has 5 N–H and O–H groups in total. The molecule has 0 unspecified atom stereocenters. The van der Waals surface area contributed by atoms with Gasteiger partial charge in [-0.15, -0.1) is 12.4 Å². The molecule has 0 saturated heterocycles. The van der Waals surface area contributed by atoms with E-state index >= 15 is 0 Å². The van der Waals surface area contributed by atoms with Crippen LogP contribution in [0.1, 0.15) is 64.3 Å². The summed E-state index contributed by atoms with van der Waals surface area (Å²) in [6.07, 6.45) is 0. The fraction of sp³-hybridized carbons (Fsp3) is 0.625. The second kappa shape index (κ2) is 6.33. The Morgan fingerprint density at radius 1 is 1.00 bits per heavy atom. The quantitative estimate of drug-likeness (QED) is 0.784. The third-order valence-electron chi connectivity index (χ3n) is 3.43. The maximum Gasteiger partial charge on any atom is 0.123 e. The van der Waals surface area contributed by atoms with E-state index in [4.69, 9.17) is 11.5 Å². The summed E-state index contributed by atoms with van der Waals surface area (Å²) in [4.78, 5) is 0. The Hall–Kier alpha value is -0.770. The number of hydrogen-bond donors (Lipinski definition) is 3. The van der Waals surface area contributed by atoms with Crippen molar-refractivity contribution in [3.8, 4) is 5.75 Å². The highest BCUT2D eigenvalue weighted by molar-refractivity contribution is 5.85. The average Bonchev–Trinajstić information content (AvgIpc) is 2.25. The predicted octanol–water partition coefficient (Wildman–Crippen LogP) is 3.37. The van der Waals surface area contributed by atoms with Gasteiger partial charge in [0.15, 0.2) is 0 Å². The molecular weight excluding hydrogens is 272 g/mol. The normalized spacial score (nSPS) is 13.8. The summed E-state index contributed by atoms with van der Waals surface area (Å²) >= 11 is 0. The Kier molecular flexibility index (Phi) is 6.09. The lowest BCUT2D eigenvalue weighted by Gasteiger charge is -2.29. The molecule has 0 spiro atoms. The van der Waals surface area contributed by atoms with Crippen LogP contribution < -0.4 is 11.5 Å². The molecule has 1 aromatic carbocycles. The first kappa shape index (κ1) is 19.2. The Bertz CT molecular complexity index is 424.